The van der Waals surface area contributed by atoms with Gasteiger partial charge in [-0.2, -0.15) is 0 Å². The maximum atomic E-state index is 13.1. The van der Waals surface area contributed by atoms with Crippen LogP contribution in [0.1, 0.15) is 30.2 Å². The Hall–Kier alpha value is -1.92. The van der Waals surface area contributed by atoms with Gasteiger partial charge in [0, 0.05) is 4.88 Å². The second-order valence-electron chi connectivity index (χ2n) is 5.91. The van der Waals surface area contributed by atoms with Gasteiger partial charge in [0.05, 0.1) is 17.7 Å². The van der Waals surface area contributed by atoms with Gasteiger partial charge in [-0.25, -0.2) is 0 Å². The van der Waals surface area contributed by atoms with Gasteiger partial charge in [-0.15, -0.1) is 11.3 Å². The number of nitrogens with zero attached hydrogens (tertiary/aromatic N) is 1. The van der Waals surface area contributed by atoms with E-state index in [2.05, 4.69) is 4.98 Å². The number of hydrogen-bond donors (Lipinski definition) is 1. The number of benzene rings is 1. The molecule has 4 nitrogen and oxygen atoms in total. The summed E-state index contributed by atoms with van der Waals surface area (Å²) in [5.41, 5.74) is 1.97. The summed E-state index contributed by atoms with van der Waals surface area (Å²) < 4.78 is 7.50. The average Bonchev–Trinajstić information content (AvgIpc) is 2.95. The van der Waals surface area contributed by atoms with Gasteiger partial charge in [-0.1, -0.05) is 0 Å². The normalized spacial score (nSPS) is 13.9. The summed E-state index contributed by atoms with van der Waals surface area (Å²) in [4.78, 5) is 18.7. The third-order valence-electron chi connectivity index (χ3n) is 4.42. The van der Waals surface area contributed by atoms with E-state index in [1.807, 2.05) is 31.2 Å². The Kier molecular flexibility index (Phi) is 4.02. The summed E-state index contributed by atoms with van der Waals surface area (Å²) in [6.45, 7) is 2.56. The number of aromatic nitrogens is 2. The van der Waals surface area contributed by atoms with Gasteiger partial charge in [-0.3, -0.25) is 9.36 Å². The summed E-state index contributed by atoms with van der Waals surface area (Å²) in [6, 6.07) is 7.49. The first kappa shape index (κ1) is 15.6. The maximum absolute atomic E-state index is 13.1. The van der Waals surface area contributed by atoms with Crippen molar-refractivity contribution < 1.29 is 4.74 Å². The van der Waals surface area contributed by atoms with Gasteiger partial charge in [0.1, 0.15) is 10.6 Å². The van der Waals surface area contributed by atoms with E-state index in [1.165, 1.54) is 16.9 Å². The Morgan fingerprint density at radius 2 is 2.00 bits per heavy atom. The van der Waals surface area contributed by atoms with Crippen LogP contribution in [0.15, 0.2) is 29.1 Å². The van der Waals surface area contributed by atoms with Gasteiger partial charge in [0.15, 0.2) is 4.77 Å². The van der Waals surface area contributed by atoms with Crippen molar-refractivity contribution >= 4 is 33.8 Å². The highest BCUT2D eigenvalue weighted by Crippen LogP contribution is 2.33. The highest BCUT2D eigenvalue weighted by atomic mass is 32.1. The molecule has 6 heteroatoms. The van der Waals surface area contributed by atoms with Crippen LogP contribution in [-0.2, 0) is 12.8 Å². The van der Waals surface area contributed by atoms with Gasteiger partial charge in [0.25, 0.3) is 5.56 Å². The summed E-state index contributed by atoms with van der Waals surface area (Å²) in [5.74, 6) is 0.790. The second-order valence-corrected chi connectivity index (χ2v) is 7.40. The van der Waals surface area contributed by atoms with Crippen LogP contribution in [0.25, 0.3) is 15.9 Å². The predicted octanol–water partition coefficient (Wildman–Crippen LogP) is 4.39. The fourth-order valence-electron chi connectivity index (χ4n) is 3.33. The molecule has 1 aromatic carbocycles. The number of fused-ring (bicyclic) bond motifs is 3. The lowest BCUT2D eigenvalue weighted by Gasteiger charge is -2.11. The molecule has 0 unspecified atom stereocenters. The molecule has 2 heterocycles. The first-order valence-electron chi connectivity index (χ1n) is 8.22. The first-order valence-corrected chi connectivity index (χ1v) is 9.44. The van der Waals surface area contributed by atoms with Crippen LogP contribution in [0.2, 0.25) is 0 Å². The molecule has 0 amide bonds. The monoisotopic (exact) mass is 358 g/mol. The zero-order valence-corrected chi connectivity index (χ0v) is 15.1. The van der Waals surface area contributed by atoms with Crippen molar-refractivity contribution in [2.75, 3.05) is 6.61 Å². The molecule has 1 aliphatic rings. The minimum absolute atomic E-state index is 0.0164. The molecule has 0 saturated heterocycles. The molecule has 0 bridgehead atoms. The molecular weight excluding hydrogens is 340 g/mol. The smallest absolute Gasteiger partial charge is 0.267 e. The molecule has 0 saturated carbocycles. The van der Waals surface area contributed by atoms with E-state index in [0.29, 0.717) is 11.4 Å². The fraction of sp³-hybridized carbons (Fsp3) is 0.333. The molecule has 124 valence electrons. The van der Waals surface area contributed by atoms with E-state index in [9.17, 15) is 4.79 Å². The molecule has 0 fully saturated rings. The lowest BCUT2D eigenvalue weighted by molar-refractivity contribution is 0.340. The molecule has 0 aliphatic heterocycles. The highest BCUT2D eigenvalue weighted by molar-refractivity contribution is 7.71. The van der Waals surface area contributed by atoms with Crippen molar-refractivity contribution in [3.05, 3.63) is 49.8 Å². The molecule has 0 spiro atoms. The number of thiophene rings is 1. The van der Waals surface area contributed by atoms with Crippen molar-refractivity contribution in [1.82, 2.24) is 9.55 Å². The van der Waals surface area contributed by atoms with Gasteiger partial charge in [-0.05, 0) is 74.7 Å². The van der Waals surface area contributed by atoms with E-state index in [4.69, 9.17) is 17.0 Å². The van der Waals surface area contributed by atoms with E-state index in [1.54, 1.807) is 15.9 Å². The van der Waals surface area contributed by atoms with Crippen LogP contribution < -0.4 is 10.3 Å². The van der Waals surface area contributed by atoms with Gasteiger partial charge in [0.2, 0.25) is 0 Å². The Morgan fingerprint density at radius 3 is 2.75 bits per heavy atom. The Morgan fingerprint density at radius 1 is 1.25 bits per heavy atom. The fourth-order valence-corrected chi connectivity index (χ4v) is 4.97. The zero-order chi connectivity index (χ0) is 16.7. The van der Waals surface area contributed by atoms with Crippen molar-refractivity contribution in [3.63, 3.8) is 0 Å². The van der Waals surface area contributed by atoms with Crippen molar-refractivity contribution in [1.29, 1.82) is 0 Å². The summed E-state index contributed by atoms with van der Waals surface area (Å²) in [5, 5.41) is 0.817. The largest absolute Gasteiger partial charge is 0.494 e. The number of aryl methyl sites for hydroxylation is 2. The van der Waals surface area contributed by atoms with Crippen LogP contribution in [-0.4, -0.2) is 16.2 Å². The topological polar surface area (TPSA) is 47.0 Å². The van der Waals surface area contributed by atoms with Crippen LogP contribution in [0.4, 0.5) is 0 Å². The van der Waals surface area contributed by atoms with E-state index >= 15 is 0 Å². The second kappa shape index (κ2) is 6.18. The first-order chi connectivity index (χ1) is 11.7. The van der Waals surface area contributed by atoms with Crippen LogP contribution in [0.5, 0.6) is 5.75 Å². The Labute approximate surface area is 148 Å². The van der Waals surface area contributed by atoms with Crippen LogP contribution in [0, 0.1) is 4.77 Å². The number of hydrogen-bond acceptors (Lipinski definition) is 4. The van der Waals surface area contributed by atoms with Crippen molar-refractivity contribution in [3.8, 4) is 11.4 Å². The van der Waals surface area contributed by atoms with E-state index in [0.717, 1.165) is 40.9 Å². The predicted molar refractivity (Wildman–Crippen MR) is 100 cm³/mol. The van der Waals surface area contributed by atoms with Crippen molar-refractivity contribution in [2.45, 2.75) is 32.6 Å². The number of H-pyrrole nitrogens is 1. The van der Waals surface area contributed by atoms with Crippen molar-refractivity contribution in [2.24, 2.45) is 0 Å². The minimum atomic E-state index is -0.0164. The SMILES string of the molecule is CCOc1ccc(-n2c(=S)[nH]c3sc4c(c3c2=O)CCCC4)cc1. The van der Waals surface area contributed by atoms with Crippen LogP contribution in [0.3, 0.4) is 0 Å². The number of ether oxygens (including phenoxy) is 1. The third kappa shape index (κ3) is 2.50. The van der Waals surface area contributed by atoms with E-state index < -0.39 is 0 Å². The van der Waals surface area contributed by atoms with E-state index in [-0.39, 0.29) is 5.56 Å². The summed E-state index contributed by atoms with van der Waals surface area (Å²) >= 11 is 7.14. The van der Waals surface area contributed by atoms with Crippen LogP contribution >= 0.6 is 23.6 Å². The highest BCUT2D eigenvalue weighted by Gasteiger charge is 2.20. The number of nitrogens with one attached hydrogen (secondary N) is 1. The molecular formula is C18H18N2O2S2. The molecule has 24 heavy (non-hydrogen) atoms. The summed E-state index contributed by atoms with van der Waals surface area (Å²) in [7, 11) is 0. The lowest BCUT2D eigenvalue weighted by atomic mass is 9.97. The summed E-state index contributed by atoms with van der Waals surface area (Å²) in [6.07, 6.45) is 4.40. The average molecular weight is 358 g/mol. The minimum Gasteiger partial charge on any atom is -0.494 e. The third-order valence-corrected chi connectivity index (χ3v) is 5.91. The Bertz CT molecular complexity index is 1010. The quantitative estimate of drug-likeness (QED) is 0.707. The molecule has 2 aromatic heterocycles. The number of rotatable bonds is 3. The molecule has 1 N–H and O–H groups in total. The standard InChI is InChI=1S/C18H18N2O2S2/c1-2-22-12-9-7-11(8-10-12)20-17(21)15-13-5-3-4-6-14(13)24-16(15)19-18(20)23/h7-10H,2-6H2,1H3,(H,19,23). The molecule has 0 atom stereocenters. The number of aromatic amines is 1. The Balaban J connectivity index is 1.92. The maximum Gasteiger partial charge on any atom is 0.267 e. The zero-order valence-electron chi connectivity index (χ0n) is 13.4. The lowest BCUT2D eigenvalue weighted by Crippen LogP contribution is -2.21. The molecule has 0 radical (unpaired) electrons. The molecule has 3 aromatic rings. The van der Waals surface area contributed by atoms with Gasteiger partial charge < -0.3 is 9.72 Å². The molecule has 1 aliphatic carbocycles. The van der Waals surface area contributed by atoms with Gasteiger partial charge >= 0.3 is 0 Å². The molecule has 4 rings (SSSR count).